The maximum absolute atomic E-state index is 5.93. The molecule has 1 fully saturated rings. The first kappa shape index (κ1) is 12.4. The van der Waals surface area contributed by atoms with Gasteiger partial charge in [-0.25, -0.2) is 0 Å². The van der Waals surface area contributed by atoms with E-state index in [1.807, 2.05) is 12.1 Å². The van der Waals surface area contributed by atoms with Gasteiger partial charge in [0, 0.05) is 18.1 Å². The molecule has 1 aliphatic rings. The summed E-state index contributed by atoms with van der Waals surface area (Å²) in [5, 5.41) is 3.64. The predicted molar refractivity (Wildman–Crippen MR) is 70.2 cm³/mol. The van der Waals surface area contributed by atoms with E-state index >= 15 is 0 Å². The van der Waals surface area contributed by atoms with Crippen LogP contribution < -0.4 is 15.8 Å². The summed E-state index contributed by atoms with van der Waals surface area (Å²) < 4.78 is 5.24. The van der Waals surface area contributed by atoms with Crippen LogP contribution in [0.15, 0.2) is 24.3 Å². The van der Waals surface area contributed by atoms with Gasteiger partial charge in [-0.1, -0.05) is 12.1 Å². The first-order valence-electron chi connectivity index (χ1n) is 6.34. The largest absolute Gasteiger partial charge is 0.497 e. The van der Waals surface area contributed by atoms with E-state index in [9.17, 15) is 0 Å². The lowest BCUT2D eigenvalue weighted by Gasteiger charge is -2.20. The minimum atomic E-state index is 0.348. The number of ether oxygens (including phenoxy) is 1. The molecule has 0 aliphatic heterocycles. The van der Waals surface area contributed by atoms with E-state index in [2.05, 4.69) is 24.4 Å². The summed E-state index contributed by atoms with van der Waals surface area (Å²) >= 11 is 0. The quantitative estimate of drug-likeness (QED) is 0.840. The third-order valence-electron chi connectivity index (χ3n) is 3.55. The molecule has 0 amide bonds. The van der Waals surface area contributed by atoms with Crippen molar-refractivity contribution in [2.75, 3.05) is 7.11 Å². The molecule has 3 atom stereocenters. The van der Waals surface area contributed by atoms with Crippen LogP contribution >= 0.6 is 0 Å². The van der Waals surface area contributed by atoms with Crippen LogP contribution in [0.2, 0.25) is 0 Å². The van der Waals surface area contributed by atoms with Gasteiger partial charge in [-0.3, -0.25) is 0 Å². The van der Waals surface area contributed by atoms with E-state index in [0.717, 1.165) is 18.6 Å². The zero-order chi connectivity index (χ0) is 12.3. The summed E-state index contributed by atoms with van der Waals surface area (Å²) in [6.45, 7) is 2.19. The topological polar surface area (TPSA) is 47.3 Å². The molecule has 1 aromatic rings. The molecule has 0 saturated heterocycles. The number of nitrogens with one attached hydrogen (secondary N) is 1. The van der Waals surface area contributed by atoms with Crippen LogP contribution in [0.4, 0.5) is 0 Å². The minimum absolute atomic E-state index is 0.348. The Morgan fingerprint density at radius 3 is 2.88 bits per heavy atom. The van der Waals surface area contributed by atoms with E-state index in [0.29, 0.717) is 18.1 Å². The summed E-state index contributed by atoms with van der Waals surface area (Å²) in [7, 11) is 1.70. The second kappa shape index (κ2) is 5.52. The van der Waals surface area contributed by atoms with Crippen LogP contribution in [0.1, 0.15) is 37.8 Å². The van der Waals surface area contributed by atoms with Gasteiger partial charge >= 0.3 is 0 Å². The number of nitrogens with two attached hydrogens (primary N) is 1. The Balaban J connectivity index is 1.96. The first-order valence-corrected chi connectivity index (χ1v) is 6.34. The van der Waals surface area contributed by atoms with Crippen LogP contribution in [0.25, 0.3) is 0 Å². The number of hydrogen-bond donors (Lipinski definition) is 2. The smallest absolute Gasteiger partial charge is 0.119 e. The molecule has 1 aromatic carbocycles. The summed E-state index contributed by atoms with van der Waals surface area (Å²) in [5.74, 6) is 0.916. The normalized spacial score (nSPS) is 25.8. The van der Waals surface area contributed by atoms with Gasteiger partial charge in [-0.05, 0) is 43.9 Å². The highest BCUT2D eigenvalue weighted by Gasteiger charge is 2.23. The van der Waals surface area contributed by atoms with E-state index in [1.54, 1.807) is 7.11 Å². The molecular weight excluding hydrogens is 212 g/mol. The van der Waals surface area contributed by atoms with Crippen LogP contribution in [0.3, 0.4) is 0 Å². The molecule has 3 N–H and O–H groups in total. The first-order chi connectivity index (χ1) is 8.19. The molecule has 17 heavy (non-hydrogen) atoms. The highest BCUT2D eigenvalue weighted by atomic mass is 16.5. The molecule has 1 aliphatic carbocycles. The molecule has 0 radical (unpaired) electrons. The monoisotopic (exact) mass is 234 g/mol. The summed E-state index contributed by atoms with van der Waals surface area (Å²) in [6, 6.07) is 9.52. The third kappa shape index (κ3) is 3.20. The van der Waals surface area contributed by atoms with E-state index < -0.39 is 0 Å². The fourth-order valence-electron chi connectivity index (χ4n) is 2.53. The third-order valence-corrected chi connectivity index (χ3v) is 3.55. The molecular formula is C14H22N2O. The molecule has 94 valence electrons. The highest BCUT2D eigenvalue weighted by Crippen LogP contribution is 2.23. The van der Waals surface area contributed by atoms with Crippen LogP contribution in [0, 0.1) is 0 Å². The zero-order valence-corrected chi connectivity index (χ0v) is 10.6. The average molecular weight is 234 g/mol. The SMILES string of the molecule is COc1cccc(C(C)NC2CCC(N)C2)c1. The summed E-state index contributed by atoms with van der Waals surface area (Å²) in [4.78, 5) is 0. The van der Waals surface area contributed by atoms with Gasteiger partial charge in [-0.2, -0.15) is 0 Å². The second-order valence-corrected chi connectivity index (χ2v) is 4.94. The lowest BCUT2D eigenvalue weighted by Crippen LogP contribution is -2.30. The summed E-state index contributed by atoms with van der Waals surface area (Å²) in [6.07, 6.45) is 3.42. The fraction of sp³-hybridized carbons (Fsp3) is 0.571. The van der Waals surface area contributed by atoms with Crippen molar-refractivity contribution in [2.24, 2.45) is 5.73 Å². The molecule has 2 rings (SSSR count). The Labute approximate surface area is 103 Å². The molecule has 0 bridgehead atoms. The Morgan fingerprint density at radius 1 is 1.41 bits per heavy atom. The maximum Gasteiger partial charge on any atom is 0.119 e. The molecule has 0 spiro atoms. The molecule has 3 heteroatoms. The minimum Gasteiger partial charge on any atom is -0.497 e. The van der Waals surface area contributed by atoms with Crippen molar-refractivity contribution < 1.29 is 4.74 Å². The number of benzene rings is 1. The number of rotatable bonds is 4. The van der Waals surface area contributed by atoms with Crippen molar-refractivity contribution in [3.63, 3.8) is 0 Å². The molecule has 3 unspecified atom stereocenters. The molecule has 1 saturated carbocycles. The Hall–Kier alpha value is -1.06. The van der Waals surface area contributed by atoms with Crippen molar-refractivity contribution in [3.8, 4) is 5.75 Å². The lowest BCUT2D eigenvalue weighted by molar-refractivity contribution is 0.411. The van der Waals surface area contributed by atoms with Gasteiger partial charge in [0.1, 0.15) is 5.75 Å². The van der Waals surface area contributed by atoms with Crippen LogP contribution in [-0.4, -0.2) is 19.2 Å². The van der Waals surface area contributed by atoms with Gasteiger partial charge < -0.3 is 15.8 Å². The highest BCUT2D eigenvalue weighted by molar-refractivity contribution is 5.30. The Morgan fingerprint density at radius 2 is 2.24 bits per heavy atom. The summed E-state index contributed by atoms with van der Waals surface area (Å²) in [5.41, 5.74) is 7.19. The number of methoxy groups -OCH3 is 1. The van der Waals surface area contributed by atoms with E-state index in [4.69, 9.17) is 10.5 Å². The van der Waals surface area contributed by atoms with Gasteiger partial charge in [0.15, 0.2) is 0 Å². The van der Waals surface area contributed by atoms with E-state index in [1.165, 1.54) is 12.0 Å². The standard InChI is InChI=1S/C14H22N2O/c1-10(16-13-7-6-12(15)9-13)11-4-3-5-14(8-11)17-2/h3-5,8,10,12-13,16H,6-7,9,15H2,1-2H3. The number of hydrogen-bond acceptors (Lipinski definition) is 3. The fourth-order valence-corrected chi connectivity index (χ4v) is 2.53. The van der Waals surface area contributed by atoms with Crippen LogP contribution in [0.5, 0.6) is 5.75 Å². The van der Waals surface area contributed by atoms with Crippen molar-refractivity contribution in [2.45, 2.75) is 44.3 Å². The van der Waals surface area contributed by atoms with Crippen molar-refractivity contribution in [1.82, 2.24) is 5.32 Å². The van der Waals surface area contributed by atoms with Crippen molar-refractivity contribution >= 4 is 0 Å². The second-order valence-electron chi connectivity index (χ2n) is 4.94. The van der Waals surface area contributed by atoms with Crippen LogP contribution in [-0.2, 0) is 0 Å². The van der Waals surface area contributed by atoms with Crippen molar-refractivity contribution in [1.29, 1.82) is 0 Å². The van der Waals surface area contributed by atoms with Crippen molar-refractivity contribution in [3.05, 3.63) is 29.8 Å². The average Bonchev–Trinajstić information content (AvgIpc) is 2.75. The Kier molecular flexibility index (Phi) is 4.02. The van der Waals surface area contributed by atoms with E-state index in [-0.39, 0.29) is 0 Å². The van der Waals surface area contributed by atoms with Gasteiger partial charge in [0.05, 0.1) is 7.11 Å². The Bertz CT molecular complexity index is 367. The van der Waals surface area contributed by atoms with Gasteiger partial charge in [0.2, 0.25) is 0 Å². The molecule has 0 heterocycles. The maximum atomic E-state index is 5.93. The zero-order valence-electron chi connectivity index (χ0n) is 10.6. The van der Waals surface area contributed by atoms with Gasteiger partial charge in [-0.15, -0.1) is 0 Å². The lowest BCUT2D eigenvalue weighted by atomic mass is 10.1. The predicted octanol–water partition coefficient (Wildman–Crippen LogP) is 2.23. The van der Waals surface area contributed by atoms with Gasteiger partial charge in [0.25, 0.3) is 0 Å². The molecule has 3 nitrogen and oxygen atoms in total. The molecule has 0 aromatic heterocycles.